The van der Waals surface area contributed by atoms with Gasteiger partial charge in [-0.05, 0) is 61.9 Å². The molecule has 0 saturated heterocycles. The molecule has 2 heterocycles. The Labute approximate surface area is 160 Å². The Morgan fingerprint density at radius 3 is 2.30 bits per heavy atom. The van der Waals surface area contributed by atoms with Crippen molar-refractivity contribution >= 4 is 10.8 Å². The fourth-order valence-corrected chi connectivity index (χ4v) is 3.71. The average Bonchev–Trinajstić information content (AvgIpc) is 2.65. The summed E-state index contributed by atoms with van der Waals surface area (Å²) in [5, 5.41) is 2.48. The van der Waals surface area contributed by atoms with Gasteiger partial charge in [-0.25, -0.2) is 14.5 Å². The van der Waals surface area contributed by atoms with Crippen LogP contribution in [0.4, 0.5) is 0 Å². The monoisotopic (exact) mass is 354 g/mol. The quantitative estimate of drug-likeness (QED) is 0.473. The number of hydrogen-bond donors (Lipinski definition) is 0. The highest BCUT2D eigenvalue weighted by atomic mass is 14.9. The van der Waals surface area contributed by atoms with Crippen molar-refractivity contribution in [2.45, 2.75) is 27.7 Å². The smallest absolute Gasteiger partial charge is 0.220 e. The maximum absolute atomic E-state index is 4.35. The lowest BCUT2D eigenvalue weighted by Crippen LogP contribution is -2.30. The number of nitrogens with zero attached hydrogens (tertiary/aromatic N) is 3. The molecule has 0 saturated carbocycles. The summed E-state index contributed by atoms with van der Waals surface area (Å²) in [5.74, 6) is 0.789. The van der Waals surface area contributed by atoms with Gasteiger partial charge < -0.3 is 0 Å². The van der Waals surface area contributed by atoms with Crippen LogP contribution in [0.15, 0.2) is 55.0 Å². The number of pyridine rings is 1. The van der Waals surface area contributed by atoms with Gasteiger partial charge in [0, 0.05) is 24.0 Å². The standard InChI is InChI=1S/C24H24N3/c1-15-10-16(2)17(3)22(11-15)24-23-12-20(21-13-25-18(4)26-14-21)7-6-19(23)8-9-27(24)5/h6-14H,1-5H3/q+1. The topological polar surface area (TPSA) is 29.7 Å². The molecule has 2 aromatic carbocycles. The summed E-state index contributed by atoms with van der Waals surface area (Å²) in [6.45, 7) is 8.47. The molecule has 0 spiro atoms. The van der Waals surface area contributed by atoms with Gasteiger partial charge in [0.2, 0.25) is 5.69 Å². The van der Waals surface area contributed by atoms with Gasteiger partial charge in [0.25, 0.3) is 0 Å². The van der Waals surface area contributed by atoms with Crippen LogP contribution in [-0.2, 0) is 7.05 Å². The van der Waals surface area contributed by atoms with Crippen molar-refractivity contribution in [3.63, 3.8) is 0 Å². The van der Waals surface area contributed by atoms with E-state index in [9.17, 15) is 0 Å². The molecule has 0 fully saturated rings. The minimum atomic E-state index is 0.789. The molecule has 0 bridgehead atoms. The van der Waals surface area contributed by atoms with Crippen molar-refractivity contribution in [2.24, 2.45) is 7.05 Å². The van der Waals surface area contributed by atoms with Crippen LogP contribution in [0.2, 0.25) is 0 Å². The lowest BCUT2D eigenvalue weighted by molar-refractivity contribution is -0.659. The Kier molecular flexibility index (Phi) is 4.23. The Morgan fingerprint density at radius 1 is 0.815 bits per heavy atom. The number of aromatic nitrogens is 3. The van der Waals surface area contributed by atoms with E-state index in [2.05, 4.69) is 84.9 Å². The molecule has 0 aliphatic rings. The van der Waals surface area contributed by atoms with Crippen LogP contribution in [-0.4, -0.2) is 9.97 Å². The first-order valence-electron chi connectivity index (χ1n) is 9.23. The molecule has 0 aliphatic carbocycles. The molecule has 3 heteroatoms. The summed E-state index contributed by atoms with van der Waals surface area (Å²) in [6, 6.07) is 13.3. The van der Waals surface area contributed by atoms with Crippen molar-refractivity contribution < 1.29 is 4.57 Å². The van der Waals surface area contributed by atoms with Gasteiger partial charge >= 0.3 is 0 Å². The van der Waals surface area contributed by atoms with Crippen molar-refractivity contribution in [1.29, 1.82) is 0 Å². The summed E-state index contributed by atoms with van der Waals surface area (Å²) in [5.41, 5.74) is 8.64. The minimum Gasteiger partial charge on any atom is -0.241 e. The van der Waals surface area contributed by atoms with E-state index in [-0.39, 0.29) is 0 Å². The fourth-order valence-electron chi connectivity index (χ4n) is 3.71. The molecule has 27 heavy (non-hydrogen) atoms. The second-order valence-corrected chi connectivity index (χ2v) is 7.35. The predicted molar refractivity (Wildman–Crippen MR) is 111 cm³/mol. The molecule has 134 valence electrons. The highest BCUT2D eigenvalue weighted by Crippen LogP contribution is 2.32. The average molecular weight is 354 g/mol. The van der Waals surface area contributed by atoms with Gasteiger partial charge in [0.1, 0.15) is 12.9 Å². The van der Waals surface area contributed by atoms with Crippen LogP contribution in [0.1, 0.15) is 22.5 Å². The normalized spacial score (nSPS) is 11.1. The zero-order chi connectivity index (χ0) is 19.1. The number of benzene rings is 2. The van der Waals surface area contributed by atoms with E-state index in [0.29, 0.717) is 0 Å². The third-order valence-electron chi connectivity index (χ3n) is 5.32. The molecular weight excluding hydrogens is 330 g/mol. The third kappa shape index (κ3) is 3.10. The molecule has 0 aliphatic heterocycles. The second kappa shape index (κ2) is 6.58. The molecule has 0 unspecified atom stereocenters. The minimum absolute atomic E-state index is 0.789. The van der Waals surface area contributed by atoms with Crippen LogP contribution in [0.25, 0.3) is 33.2 Å². The Morgan fingerprint density at radius 2 is 1.56 bits per heavy atom. The molecular formula is C24H24N3+. The van der Waals surface area contributed by atoms with Crippen LogP contribution in [0.3, 0.4) is 0 Å². The van der Waals surface area contributed by atoms with E-state index < -0.39 is 0 Å². The van der Waals surface area contributed by atoms with Crippen molar-refractivity contribution in [3.05, 3.63) is 77.5 Å². The van der Waals surface area contributed by atoms with Gasteiger partial charge in [-0.1, -0.05) is 23.8 Å². The zero-order valence-electron chi connectivity index (χ0n) is 16.5. The third-order valence-corrected chi connectivity index (χ3v) is 5.32. The fraction of sp³-hybridized carbons (Fsp3) is 0.208. The summed E-state index contributed by atoms with van der Waals surface area (Å²) < 4.78 is 2.22. The van der Waals surface area contributed by atoms with Gasteiger partial charge in [0.15, 0.2) is 6.20 Å². The number of fused-ring (bicyclic) bond motifs is 1. The number of aryl methyl sites for hydroxylation is 4. The highest BCUT2D eigenvalue weighted by molar-refractivity contribution is 5.96. The predicted octanol–water partition coefficient (Wildman–Crippen LogP) is 5.02. The maximum Gasteiger partial charge on any atom is 0.220 e. The first-order chi connectivity index (χ1) is 12.9. The lowest BCUT2D eigenvalue weighted by atomic mass is 9.93. The largest absolute Gasteiger partial charge is 0.241 e. The summed E-state index contributed by atoms with van der Waals surface area (Å²) in [4.78, 5) is 8.71. The zero-order valence-corrected chi connectivity index (χ0v) is 16.5. The van der Waals surface area contributed by atoms with Gasteiger partial charge in [-0.3, -0.25) is 0 Å². The van der Waals surface area contributed by atoms with Crippen LogP contribution in [0, 0.1) is 27.7 Å². The van der Waals surface area contributed by atoms with E-state index in [0.717, 1.165) is 17.0 Å². The van der Waals surface area contributed by atoms with E-state index in [1.807, 2.05) is 19.3 Å². The van der Waals surface area contributed by atoms with Crippen molar-refractivity contribution in [1.82, 2.24) is 9.97 Å². The van der Waals surface area contributed by atoms with Crippen LogP contribution in [0.5, 0.6) is 0 Å². The summed E-state index contributed by atoms with van der Waals surface area (Å²) in [6.07, 6.45) is 5.94. The molecule has 3 nitrogen and oxygen atoms in total. The van der Waals surface area contributed by atoms with Crippen LogP contribution < -0.4 is 4.57 Å². The van der Waals surface area contributed by atoms with E-state index >= 15 is 0 Å². The molecule has 4 aromatic rings. The SMILES string of the molecule is Cc1cc(C)c(C)c(-c2c3cc(-c4cnc(C)nc4)ccc3cc[n+]2C)c1. The highest BCUT2D eigenvalue weighted by Gasteiger charge is 2.19. The molecule has 0 N–H and O–H groups in total. The van der Waals surface area contributed by atoms with Gasteiger partial charge in [-0.2, -0.15) is 0 Å². The molecule has 0 atom stereocenters. The van der Waals surface area contributed by atoms with E-state index in [4.69, 9.17) is 0 Å². The number of rotatable bonds is 2. The van der Waals surface area contributed by atoms with E-state index in [1.165, 1.54) is 38.7 Å². The molecule has 4 rings (SSSR count). The molecule has 2 aromatic heterocycles. The van der Waals surface area contributed by atoms with Crippen molar-refractivity contribution in [2.75, 3.05) is 0 Å². The first-order valence-corrected chi connectivity index (χ1v) is 9.23. The molecule has 0 radical (unpaired) electrons. The molecule has 0 amide bonds. The number of hydrogen-bond acceptors (Lipinski definition) is 2. The van der Waals surface area contributed by atoms with E-state index in [1.54, 1.807) is 0 Å². The Balaban J connectivity index is 2.02. The van der Waals surface area contributed by atoms with Gasteiger partial charge in [-0.15, -0.1) is 0 Å². The Bertz CT molecular complexity index is 1160. The van der Waals surface area contributed by atoms with Gasteiger partial charge in [0.05, 0.1) is 10.9 Å². The Hall–Kier alpha value is -3.07. The maximum atomic E-state index is 4.35. The first kappa shape index (κ1) is 17.3. The summed E-state index contributed by atoms with van der Waals surface area (Å²) >= 11 is 0. The van der Waals surface area contributed by atoms with Crippen LogP contribution >= 0.6 is 0 Å². The van der Waals surface area contributed by atoms with Crippen molar-refractivity contribution in [3.8, 4) is 22.4 Å². The second-order valence-electron chi connectivity index (χ2n) is 7.35. The summed E-state index contributed by atoms with van der Waals surface area (Å²) in [7, 11) is 2.12. The lowest BCUT2D eigenvalue weighted by Gasteiger charge is -2.12.